The van der Waals surface area contributed by atoms with Gasteiger partial charge in [0, 0.05) is 38.1 Å². The molecule has 1 saturated heterocycles. The third kappa shape index (κ3) is 6.37. The molecule has 2 heterocycles. The number of nitrogens with two attached hydrogens (primary N) is 1. The number of carbonyl (C=O) groups is 2. The Hall–Kier alpha value is -3.44. The van der Waals surface area contributed by atoms with Crippen LogP contribution in [0.4, 0.5) is 17.2 Å². The first-order chi connectivity index (χ1) is 16.6. The topological polar surface area (TPSA) is 132 Å². The van der Waals surface area contributed by atoms with Gasteiger partial charge in [-0.15, -0.1) is 0 Å². The molecule has 0 bridgehead atoms. The lowest BCUT2D eigenvalue weighted by atomic mass is 10.1. The first kappa shape index (κ1) is 26.2. The SMILES string of the molecule is CC(C)Cn1c(N)c(C(=O)CN(C)CC(=O)Nc2ccc(N3CCOCC3)cc2)c(=O)n(C)c1=O. The van der Waals surface area contributed by atoms with Crippen molar-refractivity contribution in [2.24, 2.45) is 13.0 Å². The van der Waals surface area contributed by atoms with Gasteiger partial charge < -0.3 is 20.7 Å². The minimum atomic E-state index is -0.740. The van der Waals surface area contributed by atoms with E-state index < -0.39 is 17.0 Å². The molecule has 1 aliphatic rings. The summed E-state index contributed by atoms with van der Waals surface area (Å²) in [5.41, 5.74) is 6.23. The predicted octanol–water partition coefficient (Wildman–Crippen LogP) is 0.375. The summed E-state index contributed by atoms with van der Waals surface area (Å²) in [6.45, 7) is 6.86. The van der Waals surface area contributed by atoms with Crippen molar-refractivity contribution in [3.8, 4) is 0 Å². The maximum Gasteiger partial charge on any atom is 0.332 e. The Balaban J connectivity index is 1.63. The number of amides is 1. The Morgan fingerprint density at radius 2 is 1.74 bits per heavy atom. The molecule has 0 spiro atoms. The summed E-state index contributed by atoms with van der Waals surface area (Å²) >= 11 is 0. The lowest BCUT2D eigenvalue weighted by molar-refractivity contribution is -0.116. The van der Waals surface area contributed by atoms with E-state index in [2.05, 4.69) is 10.2 Å². The number of Topliss-reactive ketones (excluding diaryl/α,β-unsaturated/α-hetero) is 1. The van der Waals surface area contributed by atoms with Crippen LogP contribution in [0.1, 0.15) is 24.2 Å². The number of ketones is 1. The van der Waals surface area contributed by atoms with Gasteiger partial charge in [0.05, 0.1) is 26.3 Å². The quantitative estimate of drug-likeness (QED) is 0.486. The Kier molecular flexibility index (Phi) is 8.47. The number of anilines is 3. The van der Waals surface area contributed by atoms with Crippen LogP contribution in [0.25, 0.3) is 0 Å². The van der Waals surface area contributed by atoms with Crippen molar-refractivity contribution >= 4 is 28.9 Å². The molecule has 0 atom stereocenters. The number of benzene rings is 1. The third-order valence-corrected chi connectivity index (χ3v) is 5.76. The van der Waals surface area contributed by atoms with Crippen molar-refractivity contribution in [2.75, 3.05) is 62.4 Å². The molecule has 11 heteroatoms. The normalized spacial score (nSPS) is 13.9. The molecule has 11 nitrogen and oxygen atoms in total. The smallest absolute Gasteiger partial charge is 0.332 e. The fraction of sp³-hybridized carbons (Fsp3) is 0.500. The number of likely N-dealkylation sites (N-methyl/N-ethyl adjacent to an activating group) is 1. The Bertz CT molecular complexity index is 1180. The van der Waals surface area contributed by atoms with Crippen LogP contribution in [0.3, 0.4) is 0 Å². The number of nitrogens with one attached hydrogen (secondary N) is 1. The maximum absolute atomic E-state index is 12.9. The minimum absolute atomic E-state index is 0.0667. The fourth-order valence-corrected chi connectivity index (χ4v) is 3.99. The fourth-order valence-electron chi connectivity index (χ4n) is 3.99. The van der Waals surface area contributed by atoms with Crippen LogP contribution in [-0.4, -0.2) is 72.2 Å². The largest absolute Gasteiger partial charge is 0.384 e. The van der Waals surface area contributed by atoms with Gasteiger partial charge in [-0.2, -0.15) is 0 Å². The molecular weight excluding hydrogens is 452 g/mol. The lowest BCUT2D eigenvalue weighted by Crippen LogP contribution is -2.44. The zero-order chi connectivity index (χ0) is 25.7. The number of morpholine rings is 1. The summed E-state index contributed by atoms with van der Waals surface area (Å²) in [5, 5.41) is 2.81. The van der Waals surface area contributed by atoms with E-state index in [9.17, 15) is 19.2 Å². The first-order valence-electron chi connectivity index (χ1n) is 11.6. The monoisotopic (exact) mass is 486 g/mol. The van der Waals surface area contributed by atoms with E-state index >= 15 is 0 Å². The molecule has 1 aromatic carbocycles. The maximum atomic E-state index is 12.9. The molecule has 3 N–H and O–H groups in total. The van der Waals surface area contributed by atoms with Gasteiger partial charge in [-0.25, -0.2) is 4.79 Å². The van der Waals surface area contributed by atoms with Crippen LogP contribution in [0, 0.1) is 5.92 Å². The van der Waals surface area contributed by atoms with Crippen LogP contribution < -0.4 is 27.2 Å². The summed E-state index contributed by atoms with van der Waals surface area (Å²) in [7, 11) is 2.92. The number of carbonyl (C=O) groups excluding carboxylic acids is 2. The molecule has 0 aliphatic carbocycles. The summed E-state index contributed by atoms with van der Waals surface area (Å²) < 4.78 is 7.50. The van der Waals surface area contributed by atoms with Crippen molar-refractivity contribution < 1.29 is 14.3 Å². The number of rotatable bonds is 9. The van der Waals surface area contributed by atoms with Crippen molar-refractivity contribution in [2.45, 2.75) is 20.4 Å². The molecule has 1 aromatic heterocycles. The van der Waals surface area contributed by atoms with Gasteiger partial charge in [0.15, 0.2) is 5.78 Å². The van der Waals surface area contributed by atoms with Gasteiger partial charge in [0.1, 0.15) is 11.4 Å². The highest BCUT2D eigenvalue weighted by Crippen LogP contribution is 2.19. The third-order valence-electron chi connectivity index (χ3n) is 5.76. The highest BCUT2D eigenvalue weighted by atomic mass is 16.5. The Morgan fingerprint density at radius 1 is 1.11 bits per heavy atom. The van der Waals surface area contributed by atoms with Gasteiger partial charge >= 0.3 is 5.69 Å². The van der Waals surface area contributed by atoms with Crippen LogP contribution in [0.2, 0.25) is 0 Å². The minimum Gasteiger partial charge on any atom is -0.384 e. The second-order valence-corrected chi connectivity index (χ2v) is 9.20. The second kappa shape index (κ2) is 11.3. The Morgan fingerprint density at radius 3 is 2.34 bits per heavy atom. The van der Waals surface area contributed by atoms with E-state index in [0.29, 0.717) is 18.9 Å². The molecule has 35 heavy (non-hydrogen) atoms. The Labute approximate surface area is 204 Å². The summed E-state index contributed by atoms with van der Waals surface area (Å²) in [5.74, 6) is -0.907. The van der Waals surface area contributed by atoms with Gasteiger partial charge in [0.25, 0.3) is 5.56 Å². The highest BCUT2D eigenvalue weighted by Gasteiger charge is 2.23. The molecule has 0 saturated carbocycles. The van der Waals surface area contributed by atoms with Crippen LogP contribution in [0.15, 0.2) is 33.9 Å². The summed E-state index contributed by atoms with van der Waals surface area (Å²) in [6.07, 6.45) is 0. The molecular formula is C24H34N6O5. The van der Waals surface area contributed by atoms with E-state index in [1.165, 1.54) is 16.5 Å². The molecule has 0 unspecified atom stereocenters. The number of hydrogen-bond acceptors (Lipinski definition) is 8. The van der Waals surface area contributed by atoms with Gasteiger partial charge in [-0.1, -0.05) is 13.8 Å². The molecule has 3 rings (SSSR count). The van der Waals surface area contributed by atoms with Crippen LogP contribution in [-0.2, 0) is 23.1 Å². The van der Waals surface area contributed by atoms with Crippen LogP contribution >= 0.6 is 0 Å². The number of nitrogen functional groups attached to an aromatic ring is 1. The van der Waals surface area contributed by atoms with E-state index in [4.69, 9.17) is 10.5 Å². The van der Waals surface area contributed by atoms with E-state index in [0.717, 1.165) is 23.3 Å². The van der Waals surface area contributed by atoms with Crippen molar-refractivity contribution in [1.82, 2.24) is 14.0 Å². The van der Waals surface area contributed by atoms with Gasteiger partial charge in [0.2, 0.25) is 5.91 Å². The molecule has 190 valence electrons. The zero-order valence-corrected chi connectivity index (χ0v) is 20.7. The number of hydrogen-bond donors (Lipinski definition) is 2. The number of nitrogens with zero attached hydrogens (tertiary/aromatic N) is 4. The van der Waals surface area contributed by atoms with E-state index in [1.54, 1.807) is 7.05 Å². The number of aromatic nitrogens is 2. The predicted molar refractivity (Wildman–Crippen MR) is 135 cm³/mol. The van der Waals surface area contributed by atoms with E-state index in [1.807, 2.05) is 38.1 Å². The average Bonchev–Trinajstić information content (AvgIpc) is 2.81. The standard InChI is InChI=1S/C24H34N6O5/c1-16(2)13-30-22(25)21(23(33)28(4)24(30)34)19(31)14-27(3)15-20(32)26-17-5-7-18(8-6-17)29-9-11-35-12-10-29/h5-8,16H,9-15,25H2,1-4H3,(H,26,32). The summed E-state index contributed by atoms with van der Waals surface area (Å²) in [6, 6.07) is 7.55. The molecule has 2 aromatic rings. The molecule has 1 aliphatic heterocycles. The zero-order valence-electron chi connectivity index (χ0n) is 20.7. The first-order valence-corrected chi connectivity index (χ1v) is 11.6. The number of ether oxygens (including phenoxy) is 1. The summed E-state index contributed by atoms with van der Waals surface area (Å²) in [4.78, 5) is 54.2. The molecule has 1 fully saturated rings. The molecule has 1 amide bonds. The van der Waals surface area contributed by atoms with Gasteiger partial charge in [-0.05, 0) is 37.2 Å². The molecule has 0 radical (unpaired) electrons. The van der Waals surface area contributed by atoms with Crippen molar-refractivity contribution in [1.29, 1.82) is 0 Å². The van der Waals surface area contributed by atoms with Crippen molar-refractivity contribution in [3.05, 3.63) is 50.7 Å². The average molecular weight is 487 g/mol. The highest BCUT2D eigenvalue weighted by molar-refractivity contribution is 6.01. The lowest BCUT2D eigenvalue weighted by Gasteiger charge is -2.28. The van der Waals surface area contributed by atoms with E-state index in [-0.39, 0.29) is 42.8 Å². The second-order valence-electron chi connectivity index (χ2n) is 9.20. The van der Waals surface area contributed by atoms with Gasteiger partial charge in [-0.3, -0.25) is 28.4 Å². The van der Waals surface area contributed by atoms with Crippen molar-refractivity contribution in [3.63, 3.8) is 0 Å². The van der Waals surface area contributed by atoms with Crippen LogP contribution in [0.5, 0.6) is 0 Å².